The normalized spacial score (nSPS) is 29.5. The van der Waals surface area contributed by atoms with E-state index >= 15 is 0 Å². The summed E-state index contributed by atoms with van der Waals surface area (Å²) in [5.74, 6) is 2.41. The van der Waals surface area contributed by atoms with Crippen molar-refractivity contribution >= 4 is 11.8 Å². The molecule has 0 saturated carbocycles. The van der Waals surface area contributed by atoms with Gasteiger partial charge in [-0.1, -0.05) is 0 Å². The molecule has 1 aliphatic heterocycles. The Morgan fingerprint density at radius 3 is 2.77 bits per heavy atom. The van der Waals surface area contributed by atoms with Crippen LogP contribution in [0.25, 0.3) is 0 Å². The maximum absolute atomic E-state index is 6.02. The molecule has 2 nitrogen and oxygen atoms in total. The van der Waals surface area contributed by atoms with E-state index in [4.69, 9.17) is 10.5 Å². The predicted molar refractivity (Wildman–Crippen MR) is 59.2 cm³/mol. The van der Waals surface area contributed by atoms with Crippen molar-refractivity contribution in [3.05, 3.63) is 0 Å². The third-order valence-electron chi connectivity index (χ3n) is 2.37. The Kier molecular flexibility index (Phi) is 4.56. The van der Waals surface area contributed by atoms with Crippen LogP contribution in [0.15, 0.2) is 0 Å². The van der Waals surface area contributed by atoms with E-state index in [0.29, 0.717) is 6.10 Å². The molecule has 0 radical (unpaired) electrons. The maximum atomic E-state index is 6.02. The highest BCUT2D eigenvalue weighted by Gasteiger charge is 2.33. The van der Waals surface area contributed by atoms with E-state index in [1.54, 1.807) is 0 Å². The number of ether oxygens (including phenoxy) is 1. The summed E-state index contributed by atoms with van der Waals surface area (Å²) >= 11 is 2.00. The summed E-state index contributed by atoms with van der Waals surface area (Å²) in [6, 6.07) is 0. The van der Waals surface area contributed by atoms with Crippen LogP contribution in [0.3, 0.4) is 0 Å². The zero-order valence-electron chi connectivity index (χ0n) is 8.71. The van der Waals surface area contributed by atoms with Crippen LogP contribution in [0.2, 0.25) is 0 Å². The molecule has 78 valence electrons. The molecule has 0 spiro atoms. The topological polar surface area (TPSA) is 35.2 Å². The van der Waals surface area contributed by atoms with Crippen molar-refractivity contribution in [2.24, 2.45) is 5.73 Å². The molecule has 1 fully saturated rings. The van der Waals surface area contributed by atoms with Gasteiger partial charge in [0, 0.05) is 5.75 Å². The summed E-state index contributed by atoms with van der Waals surface area (Å²) in [5.41, 5.74) is 5.72. The second-order valence-electron chi connectivity index (χ2n) is 4.04. The minimum atomic E-state index is 0.0891. The van der Waals surface area contributed by atoms with E-state index in [0.717, 1.165) is 18.7 Å². The molecule has 1 rings (SSSR count). The quantitative estimate of drug-likeness (QED) is 0.759. The molecule has 1 saturated heterocycles. The lowest BCUT2D eigenvalue weighted by Gasteiger charge is -2.38. The molecule has 1 aliphatic rings. The van der Waals surface area contributed by atoms with E-state index in [1.165, 1.54) is 18.6 Å². The van der Waals surface area contributed by atoms with Crippen molar-refractivity contribution in [2.75, 3.05) is 18.1 Å². The third-order valence-corrected chi connectivity index (χ3v) is 3.68. The summed E-state index contributed by atoms with van der Waals surface area (Å²) in [4.78, 5) is 0. The van der Waals surface area contributed by atoms with Gasteiger partial charge in [-0.2, -0.15) is 11.8 Å². The van der Waals surface area contributed by atoms with E-state index in [2.05, 4.69) is 13.8 Å². The molecule has 0 aromatic heterocycles. The van der Waals surface area contributed by atoms with Crippen molar-refractivity contribution in [1.29, 1.82) is 0 Å². The summed E-state index contributed by atoms with van der Waals surface area (Å²) in [7, 11) is 0. The fourth-order valence-electron chi connectivity index (χ4n) is 1.94. The average Bonchev–Trinajstić information content (AvgIpc) is 2.04. The van der Waals surface area contributed by atoms with Crippen LogP contribution in [-0.2, 0) is 4.74 Å². The highest BCUT2D eigenvalue weighted by Crippen LogP contribution is 2.33. The second-order valence-corrected chi connectivity index (χ2v) is 5.15. The fraction of sp³-hybridized carbons (Fsp3) is 1.00. The summed E-state index contributed by atoms with van der Waals surface area (Å²) < 4.78 is 6.02. The predicted octanol–water partition coefficient (Wildman–Crippen LogP) is 2.03. The van der Waals surface area contributed by atoms with E-state index < -0.39 is 0 Å². The van der Waals surface area contributed by atoms with Gasteiger partial charge in [0.15, 0.2) is 0 Å². The highest BCUT2D eigenvalue weighted by atomic mass is 32.2. The molecule has 0 aromatic rings. The molecule has 2 N–H and O–H groups in total. The van der Waals surface area contributed by atoms with Crippen LogP contribution in [0.5, 0.6) is 0 Å². The van der Waals surface area contributed by atoms with Gasteiger partial charge in [-0.05, 0) is 45.4 Å². The van der Waals surface area contributed by atoms with Crippen molar-refractivity contribution in [3.8, 4) is 0 Å². The van der Waals surface area contributed by atoms with E-state index in [-0.39, 0.29) is 5.60 Å². The first-order valence-corrected chi connectivity index (χ1v) is 6.30. The zero-order chi connectivity index (χ0) is 9.73. The third kappa shape index (κ3) is 3.49. The van der Waals surface area contributed by atoms with Gasteiger partial charge in [0.25, 0.3) is 0 Å². The van der Waals surface area contributed by atoms with Gasteiger partial charge in [0.1, 0.15) is 0 Å². The number of rotatable bonds is 4. The maximum Gasteiger partial charge on any atom is 0.0788 e. The Bertz CT molecular complexity index is 138. The van der Waals surface area contributed by atoms with Gasteiger partial charge in [0.2, 0.25) is 0 Å². The van der Waals surface area contributed by atoms with Gasteiger partial charge in [0.05, 0.1) is 11.7 Å². The number of thioether (sulfide) groups is 1. The van der Waals surface area contributed by atoms with Gasteiger partial charge in [-0.25, -0.2) is 0 Å². The molecular weight excluding hydrogens is 182 g/mol. The van der Waals surface area contributed by atoms with Crippen LogP contribution < -0.4 is 5.73 Å². The largest absolute Gasteiger partial charge is 0.371 e. The molecular formula is C10H21NOS. The SMILES string of the molecule is CC(C)OC1(CCN)CCCSC1. The Balaban J connectivity index is 2.50. The van der Waals surface area contributed by atoms with Gasteiger partial charge in [-0.15, -0.1) is 0 Å². The molecule has 0 aliphatic carbocycles. The lowest BCUT2D eigenvalue weighted by molar-refractivity contribution is -0.0747. The van der Waals surface area contributed by atoms with E-state index in [9.17, 15) is 0 Å². The monoisotopic (exact) mass is 203 g/mol. The Labute approximate surface area is 85.6 Å². The van der Waals surface area contributed by atoms with Crippen LogP contribution in [-0.4, -0.2) is 29.8 Å². The van der Waals surface area contributed by atoms with Crippen LogP contribution in [0.1, 0.15) is 33.1 Å². The average molecular weight is 203 g/mol. The molecule has 1 atom stereocenters. The van der Waals surface area contributed by atoms with Gasteiger partial charge < -0.3 is 10.5 Å². The van der Waals surface area contributed by atoms with Crippen molar-refractivity contribution < 1.29 is 4.74 Å². The summed E-state index contributed by atoms with van der Waals surface area (Å²) in [6.45, 7) is 4.96. The standard InChI is InChI=1S/C10H21NOS/c1-9(2)12-10(5-6-11)4-3-7-13-8-10/h9H,3-8,11H2,1-2H3. The minimum absolute atomic E-state index is 0.0891. The van der Waals surface area contributed by atoms with Crippen LogP contribution in [0.4, 0.5) is 0 Å². The molecule has 1 unspecified atom stereocenters. The first-order chi connectivity index (χ1) is 6.18. The smallest absolute Gasteiger partial charge is 0.0788 e. The molecule has 13 heavy (non-hydrogen) atoms. The van der Waals surface area contributed by atoms with Gasteiger partial charge >= 0.3 is 0 Å². The molecule has 3 heteroatoms. The van der Waals surface area contributed by atoms with Crippen molar-refractivity contribution in [1.82, 2.24) is 0 Å². The summed E-state index contributed by atoms with van der Waals surface area (Å²) in [5, 5.41) is 0. The summed E-state index contributed by atoms with van der Waals surface area (Å²) in [6.07, 6.45) is 3.80. The molecule has 1 heterocycles. The van der Waals surface area contributed by atoms with Crippen LogP contribution >= 0.6 is 11.8 Å². The molecule has 0 bridgehead atoms. The lowest BCUT2D eigenvalue weighted by Crippen LogP contribution is -2.42. The first-order valence-electron chi connectivity index (χ1n) is 5.14. The number of nitrogens with two attached hydrogens (primary N) is 1. The van der Waals surface area contributed by atoms with Crippen LogP contribution in [0, 0.1) is 0 Å². The minimum Gasteiger partial charge on any atom is -0.371 e. The lowest BCUT2D eigenvalue weighted by atomic mass is 9.95. The second kappa shape index (κ2) is 5.23. The Hall–Kier alpha value is 0.270. The zero-order valence-corrected chi connectivity index (χ0v) is 9.53. The fourth-order valence-corrected chi connectivity index (χ4v) is 3.16. The van der Waals surface area contributed by atoms with Gasteiger partial charge in [-0.3, -0.25) is 0 Å². The molecule has 0 amide bonds. The number of hydrogen-bond acceptors (Lipinski definition) is 3. The van der Waals surface area contributed by atoms with Crippen molar-refractivity contribution in [3.63, 3.8) is 0 Å². The Morgan fingerprint density at radius 1 is 1.54 bits per heavy atom. The van der Waals surface area contributed by atoms with Crippen molar-refractivity contribution in [2.45, 2.75) is 44.8 Å². The number of hydrogen-bond donors (Lipinski definition) is 1. The molecule has 0 aromatic carbocycles. The highest BCUT2D eigenvalue weighted by molar-refractivity contribution is 7.99. The first kappa shape index (κ1) is 11.3. The Morgan fingerprint density at radius 2 is 2.31 bits per heavy atom. The van der Waals surface area contributed by atoms with E-state index in [1.807, 2.05) is 11.8 Å².